The molecule has 0 aromatic rings. The van der Waals surface area contributed by atoms with Crippen LogP contribution in [0.3, 0.4) is 0 Å². The van der Waals surface area contributed by atoms with Crippen molar-refractivity contribution in [3.63, 3.8) is 0 Å². The Balaban J connectivity index is 2.35. The lowest BCUT2D eigenvalue weighted by atomic mass is 9.89. The lowest BCUT2D eigenvalue weighted by molar-refractivity contribution is -0.139. The zero-order chi connectivity index (χ0) is 13.6. The Hall–Kier alpha value is -1.52. The molecule has 1 rings (SSSR count). The second kappa shape index (κ2) is 6.42. The summed E-state index contributed by atoms with van der Waals surface area (Å²) in [6.07, 6.45) is 6.34. The van der Waals surface area contributed by atoms with Crippen LogP contribution >= 0.6 is 0 Å². The standard InChI is InChI=1S/C13H22N2O3/c1-3-6-10(11(16)17)15-12(18)14-9-13(2)7-4-5-8-13/h3,10H,1,4-9H2,2H3,(H,16,17)(H2,14,15,18). The summed E-state index contributed by atoms with van der Waals surface area (Å²) in [4.78, 5) is 22.5. The SMILES string of the molecule is C=CCC(NC(=O)NCC1(C)CCCC1)C(=O)O. The van der Waals surface area contributed by atoms with Gasteiger partial charge in [0.25, 0.3) is 0 Å². The van der Waals surface area contributed by atoms with Gasteiger partial charge < -0.3 is 15.7 Å². The number of amides is 2. The van der Waals surface area contributed by atoms with Crippen LogP contribution in [0.4, 0.5) is 4.79 Å². The summed E-state index contributed by atoms with van der Waals surface area (Å²) >= 11 is 0. The summed E-state index contributed by atoms with van der Waals surface area (Å²) in [6, 6.07) is -1.32. The van der Waals surface area contributed by atoms with Crippen LogP contribution in [0.1, 0.15) is 39.0 Å². The Morgan fingerprint density at radius 2 is 2.06 bits per heavy atom. The fourth-order valence-electron chi connectivity index (χ4n) is 2.30. The molecule has 5 nitrogen and oxygen atoms in total. The average molecular weight is 254 g/mol. The Kier molecular flexibility index (Phi) is 5.19. The van der Waals surface area contributed by atoms with E-state index in [1.54, 1.807) is 0 Å². The first-order valence-corrected chi connectivity index (χ1v) is 6.35. The number of hydrogen-bond donors (Lipinski definition) is 3. The van der Waals surface area contributed by atoms with Gasteiger partial charge >= 0.3 is 12.0 Å². The summed E-state index contributed by atoms with van der Waals surface area (Å²) in [5.41, 5.74) is 0.161. The number of carboxylic acid groups (broad SMARTS) is 1. The third-order valence-electron chi connectivity index (χ3n) is 3.49. The number of nitrogens with one attached hydrogen (secondary N) is 2. The van der Waals surface area contributed by atoms with E-state index >= 15 is 0 Å². The van der Waals surface area contributed by atoms with E-state index in [0.717, 1.165) is 12.8 Å². The van der Waals surface area contributed by atoms with Gasteiger partial charge in [-0.25, -0.2) is 9.59 Å². The van der Waals surface area contributed by atoms with Crippen molar-refractivity contribution < 1.29 is 14.7 Å². The third-order valence-corrected chi connectivity index (χ3v) is 3.49. The maximum absolute atomic E-state index is 11.6. The second-order valence-electron chi connectivity index (χ2n) is 5.26. The Bertz CT molecular complexity index is 322. The summed E-state index contributed by atoms with van der Waals surface area (Å²) < 4.78 is 0. The minimum atomic E-state index is -1.04. The van der Waals surface area contributed by atoms with Crippen molar-refractivity contribution in [1.29, 1.82) is 0 Å². The molecule has 102 valence electrons. The molecule has 1 aliphatic rings. The minimum Gasteiger partial charge on any atom is -0.480 e. The molecule has 3 N–H and O–H groups in total. The number of urea groups is 1. The number of carboxylic acids is 1. The van der Waals surface area contributed by atoms with Gasteiger partial charge in [-0.15, -0.1) is 6.58 Å². The summed E-state index contributed by atoms with van der Waals surface area (Å²) in [5.74, 6) is -1.04. The first-order valence-electron chi connectivity index (χ1n) is 6.35. The maximum Gasteiger partial charge on any atom is 0.326 e. The molecule has 0 spiro atoms. The molecular weight excluding hydrogens is 232 g/mol. The normalized spacial score (nSPS) is 18.9. The van der Waals surface area contributed by atoms with Gasteiger partial charge in [0, 0.05) is 6.54 Å². The molecule has 0 aromatic heterocycles. The van der Waals surface area contributed by atoms with Crippen LogP contribution < -0.4 is 10.6 Å². The molecule has 0 aliphatic heterocycles. The predicted molar refractivity (Wildman–Crippen MR) is 69.3 cm³/mol. The van der Waals surface area contributed by atoms with Gasteiger partial charge in [0.05, 0.1) is 0 Å². The van der Waals surface area contributed by atoms with Crippen molar-refractivity contribution in [2.24, 2.45) is 5.41 Å². The van der Waals surface area contributed by atoms with Crippen LogP contribution in [0.15, 0.2) is 12.7 Å². The molecule has 5 heteroatoms. The Labute approximate surface area is 108 Å². The topological polar surface area (TPSA) is 78.4 Å². The van der Waals surface area contributed by atoms with Gasteiger partial charge in [-0.05, 0) is 24.7 Å². The fraction of sp³-hybridized carbons (Fsp3) is 0.692. The van der Waals surface area contributed by atoms with Gasteiger partial charge in [0.15, 0.2) is 0 Å². The van der Waals surface area contributed by atoms with E-state index in [9.17, 15) is 9.59 Å². The van der Waals surface area contributed by atoms with Gasteiger partial charge in [-0.2, -0.15) is 0 Å². The van der Waals surface area contributed by atoms with Crippen molar-refractivity contribution in [3.8, 4) is 0 Å². The highest BCUT2D eigenvalue weighted by Crippen LogP contribution is 2.36. The zero-order valence-corrected chi connectivity index (χ0v) is 10.9. The highest BCUT2D eigenvalue weighted by Gasteiger charge is 2.29. The fourth-order valence-corrected chi connectivity index (χ4v) is 2.30. The molecule has 0 bridgehead atoms. The highest BCUT2D eigenvalue weighted by atomic mass is 16.4. The van der Waals surface area contributed by atoms with Crippen molar-refractivity contribution in [3.05, 3.63) is 12.7 Å². The summed E-state index contributed by atoms with van der Waals surface area (Å²) in [6.45, 7) is 6.22. The predicted octanol–water partition coefficient (Wildman–Crippen LogP) is 1.90. The Morgan fingerprint density at radius 3 is 2.56 bits per heavy atom. The van der Waals surface area contributed by atoms with E-state index in [-0.39, 0.29) is 11.8 Å². The van der Waals surface area contributed by atoms with Crippen LogP contribution in [0, 0.1) is 5.41 Å². The molecule has 2 amide bonds. The van der Waals surface area contributed by atoms with Crippen LogP contribution in [0.2, 0.25) is 0 Å². The van der Waals surface area contributed by atoms with Gasteiger partial charge in [0.2, 0.25) is 0 Å². The first kappa shape index (κ1) is 14.5. The van der Waals surface area contributed by atoms with Gasteiger partial charge in [-0.3, -0.25) is 0 Å². The molecule has 1 fully saturated rings. The maximum atomic E-state index is 11.6. The lowest BCUT2D eigenvalue weighted by Crippen LogP contribution is -2.47. The zero-order valence-electron chi connectivity index (χ0n) is 10.9. The average Bonchev–Trinajstić information content (AvgIpc) is 2.73. The van der Waals surface area contributed by atoms with E-state index in [4.69, 9.17) is 5.11 Å². The molecule has 0 saturated heterocycles. The minimum absolute atomic E-state index is 0.161. The quantitative estimate of drug-likeness (QED) is 0.633. The number of hydrogen-bond acceptors (Lipinski definition) is 2. The number of rotatable bonds is 6. The summed E-state index contributed by atoms with van der Waals surface area (Å²) in [5, 5.41) is 14.1. The molecule has 1 unspecified atom stereocenters. The van der Waals surface area contributed by atoms with Crippen LogP contribution in [-0.4, -0.2) is 29.7 Å². The van der Waals surface area contributed by atoms with Crippen LogP contribution in [-0.2, 0) is 4.79 Å². The van der Waals surface area contributed by atoms with E-state index < -0.39 is 18.0 Å². The molecule has 18 heavy (non-hydrogen) atoms. The molecule has 1 saturated carbocycles. The molecule has 1 aliphatic carbocycles. The monoisotopic (exact) mass is 254 g/mol. The van der Waals surface area contributed by atoms with Crippen LogP contribution in [0.25, 0.3) is 0 Å². The molecular formula is C13H22N2O3. The van der Waals surface area contributed by atoms with E-state index in [2.05, 4.69) is 24.1 Å². The molecule has 1 atom stereocenters. The van der Waals surface area contributed by atoms with Crippen molar-refractivity contribution >= 4 is 12.0 Å². The lowest BCUT2D eigenvalue weighted by Gasteiger charge is -2.24. The van der Waals surface area contributed by atoms with E-state index in [1.165, 1.54) is 18.9 Å². The Morgan fingerprint density at radius 1 is 1.44 bits per heavy atom. The van der Waals surface area contributed by atoms with Crippen molar-refractivity contribution in [2.75, 3.05) is 6.54 Å². The molecule has 0 heterocycles. The first-order chi connectivity index (χ1) is 8.47. The largest absolute Gasteiger partial charge is 0.480 e. The highest BCUT2D eigenvalue weighted by molar-refractivity contribution is 5.82. The number of carbonyl (C=O) groups excluding carboxylic acids is 1. The molecule has 0 radical (unpaired) electrons. The van der Waals surface area contributed by atoms with Crippen molar-refractivity contribution in [1.82, 2.24) is 10.6 Å². The molecule has 0 aromatic carbocycles. The van der Waals surface area contributed by atoms with Gasteiger partial charge in [-0.1, -0.05) is 25.8 Å². The smallest absolute Gasteiger partial charge is 0.326 e. The van der Waals surface area contributed by atoms with Crippen molar-refractivity contribution in [2.45, 2.75) is 45.1 Å². The second-order valence-corrected chi connectivity index (χ2v) is 5.26. The van der Waals surface area contributed by atoms with E-state index in [1.807, 2.05) is 0 Å². The van der Waals surface area contributed by atoms with Crippen LogP contribution in [0.5, 0.6) is 0 Å². The number of aliphatic carboxylic acids is 1. The van der Waals surface area contributed by atoms with E-state index in [0.29, 0.717) is 6.54 Å². The van der Waals surface area contributed by atoms with Gasteiger partial charge in [0.1, 0.15) is 6.04 Å². The number of carbonyl (C=O) groups is 2. The summed E-state index contributed by atoms with van der Waals surface area (Å²) in [7, 11) is 0. The third kappa shape index (κ3) is 4.39.